The summed E-state index contributed by atoms with van der Waals surface area (Å²) in [6.07, 6.45) is -4.77. The molecule has 0 spiro atoms. The van der Waals surface area contributed by atoms with Crippen LogP contribution in [0.3, 0.4) is 0 Å². The zero-order chi connectivity index (χ0) is 15.8. The van der Waals surface area contributed by atoms with E-state index in [1.54, 1.807) is 0 Å². The standard InChI is InChI=1S/C12H15FN4O4/c1-3-4-12(13)9(19)8(6(2)18)21-10(12)17-11(20)16-7(14)5-15-17/h5-6,8-10,18-19H,1-2H3,(H2,14,16,20)/t6-,8+,9-,10+,12?/m0/s1. The first-order valence-corrected chi connectivity index (χ1v) is 6.17. The van der Waals surface area contributed by atoms with Gasteiger partial charge in [0.05, 0.1) is 12.3 Å². The number of rotatable bonds is 2. The second kappa shape index (κ2) is 5.40. The number of hydrogen-bond acceptors (Lipinski definition) is 7. The van der Waals surface area contributed by atoms with Crippen molar-refractivity contribution in [1.82, 2.24) is 14.8 Å². The van der Waals surface area contributed by atoms with Crippen LogP contribution in [-0.4, -0.2) is 49.0 Å². The molecule has 1 unspecified atom stereocenters. The minimum Gasteiger partial charge on any atom is -0.391 e. The summed E-state index contributed by atoms with van der Waals surface area (Å²) >= 11 is 0. The highest BCUT2D eigenvalue weighted by Gasteiger charge is 2.59. The molecule has 21 heavy (non-hydrogen) atoms. The first-order valence-electron chi connectivity index (χ1n) is 6.17. The summed E-state index contributed by atoms with van der Waals surface area (Å²) in [5.41, 5.74) is 1.76. The van der Waals surface area contributed by atoms with E-state index in [9.17, 15) is 15.0 Å². The topological polar surface area (TPSA) is 123 Å². The summed E-state index contributed by atoms with van der Waals surface area (Å²) in [4.78, 5) is 15.2. The van der Waals surface area contributed by atoms with Gasteiger partial charge in [0.1, 0.15) is 18.0 Å². The average Bonchev–Trinajstić information content (AvgIpc) is 2.64. The van der Waals surface area contributed by atoms with E-state index in [-0.39, 0.29) is 5.82 Å². The Balaban J connectivity index is 2.54. The minimum absolute atomic E-state index is 0.132. The van der Waals surface area contributed by atoms with E-state index < -0.39 is 35.9 Å². The molecule has 0 aliphatic carbocycles. The van der Waals surface area contributed by atoms with E-state index >= 15 is 4.39 Å². The highest BCUT2D eigenvalue weighted by molar-refractivity contribution is 5.24. The molecule has 1 aromatic rings. The van der Waals surface area contributed by atoms with Crippen molar-refractivity contribution in [3.63, 3.8) is 0 Å². The van der Waals surface area contributed by atoms with Gasteiger partial charge in [-0.2, -0.15) is 14.8 Å². The molecule has 1 aliphatic rings. The van der Waals surface area contributed by atoms with Crippen molar-refractivity contribution in [3.05, 3.63) is 16.7 Å². The predicted molar refractivity (Wildman–Crippen MR) is 69.6 cm³/mol. The molecule has 2 heterocycles. The summed E-state index contributed by atoms with van der Waals surface area (Å²) in [5, 5.41) is 23.3. The van der Waals surface area contributed by atoms with E-state index in [2.05, 4.69) is 21.9 Å². The zero-order valence-electron chi connectivity index (χ0n) is 11.4. The number of anilines is 1. The molecular weight excluding hydrogens is 283 g/mol. The molecule has 0 radical (unpaired) electrons. The smallest absolute Gasteiger partial charge is 0.368 e. The fraction of sp³-hybridized carbons (Fsp3) is 0.583. The third kappa shape index (κ3) is 2.49. The van der Waals surface area contributed by atoms with Crippen molar-refractivity contribution >= 4 is 5.82 Å². The molecule has 5 atom stereocenters. The average molecular weight is 298 g/mol. The lowest BCUT2D eigenvalue weighted by molar-refractivity contribution is -0.0849. The van der Waals surface area contributed by atoms with Crippen molar-refractivity contribution in [1.29, 1.82) is 0 Å². The van der Waals surface area contributed by atoms with Crippen LogP contribution in [0.4, 0.5) is 10.2 Å². The van der Waals surface area contributed by atoms with Crippen LogP contribution >= 0.6 is 0 Å². The first kappa shape index (κ1) is 15.4. The van der Waals surface area contributed by atoms with E-state index in [4.69, 9.17) is 10.5 Å². The SMILES string of the molecule is CC#CC1(F)[C@@H](O)[C@@H]([C@H](C)O)O[C@H]1n1ncc(N)nc1=O. The summed E-state index contributed by atoms with van der Waals surface area (Å²) < 4.78 is 20.9. The molecule has 4 N–H and O–H groups in total. The molecule has 1 saturated heterocycles. The van der Waals surface area contributed by atoms with E-state index in [1.165, 1.54) is 13.8 Å². The lowest BCUT2D eigenvalue weighted by atomic mass is 9.94. The quantitative estimate of drug-likeness (QED) is 0.573. The van der Waals surface area contributed by atoms with Gasteiger partial charge >= 0.3 is 5.69 Å². The number of nitrogen functional groups attached to an aromatic ring is 1. The summed E-state index contributed by atoms with van der Waals surface area (Å²) in [6, 6.07) is 0. The zero-order valence-corrected chi connectivity index (χ0v) is 11.4. The molecule has 8 nitrogen and oxygen atoms in total. The Morgan fingerprint density at radius 2 is 2.33 bits per heavy atom. The summed E-state index contributed by atoms with van der Waals surface area (Å²) in [6.45, 7) is 2.70. The molecule has 0 bridgehead atoms. The Bertz CT molecular complexity index is 653. The Labute approximate surface area is 119 Å². The van der Waals surface area contributed by atoms with Crippen LogP contribution in [-0.2, 0) is 4.74 Å². The number of aromatic nitrogens is 3. The van der Waals surface area contributed by atoms with E-state index in [1.807, 2.05) is 0 Å². The third-order valence-corrected chi connectivity index (χ3v) is 3.14. The highest BCUT2D eigenvalue weighted by atomic mass is 19.1. The van der Waals surface area contributed by atoms with Gasteiger partial charge in [0.25, 0.3) is 0 Å². The van der Waals surface area contributed by atoms with Gasteiger partial charge < -0.3 is 20.7 Å². The van der Waals surface area contributed by atoms with Crippen LogP contribution in [0.15, 0.2) is 11.0 Å². The molecule has 1 aromatic heterocycles. The molecular formula is C12H15FN4O4. The molecule has 0 aromatic carbocycles. The van der Waals surface area contributed by atoms with Crippen molar-refractivity contribution in [2.45, 2.75) is 44.1 Å². The van der Waals surface area contributed by atoms with E-state index in [0.29, 0.717) is 4.68 Å². The van der Waals surface area contributed by atoms with Gasteiger partial charge in [-0.05, 0) is 13.8 Å². The van der Waals surface area contributed by atoms with Crippen molar-refractivity contribution in [2.75, 3.05) is 5.73 Å². The lowest BCUT2D eigenvalue weighted by Crippen LogP contribution is -2.46. The van der Waals surface area contributed by atoms with Gasteiger partial charge in [0.15, 0.2) is 0 Å². The Morgan fingerprint density at radius 3 is 2.86 bits per heavy atom. The lowest BCUT2D eigenvalue weighted by Gasteiger charge is -2.23. The number of ether oxygens (including phenoxy) is 1. The van der Waals surface area contributed by atoms with E-state index in [0.717, 1.165) is 6.20 Å². The molecule has 0 amide bonds. The van der Waals surface area contributed by atoms with Crippen molar-refractivity contribution in [2.24, 2.45) is 0 Å². The number of hydrogen-bond donors (Lipinski definition) is 3. The van der Waals surface area contributed by atoms with Gasteiger partial charge in [-0.3, -0.25) is 0 Å². The maximum Gasteiger partial charge on any atom is 0.368 e. The molecule has 114 valence electrons. The minimum atomic E-state index is -2.61. The van der Waals surface area contributed by atoms with Gasteiger partial charge in [0, 0.05) is 0 Å². The highest BCUT2D eigenvalue weighted by Crippen LogP contribution is 2.41. The van der Waals surface area contributed by atoms with Gasteiger partial charge in [0.2, 0.25) is 11.9 Å². The fourth-order valence-electron chi connectivity index (χ4n) is 2.17. The van der Waals surface area contributed by atoms with Crippen LogP contribution in [0.1, 0.15) is 20.1 Å². The summed E-state index contributed by atoms with van der Waals surface area (Å²) in [5.74, 6) is 4.39. The van der Waals surface area contributed by atoms with Gasteiger partial charge in [-0.25, -0.2) is 9.18 Å². The van der Waals surface area contributed by atoms with Crippen LogP contribution in [0, 0.1) is 11.8 Å². The van der Waals surface area contributed by atoms with Crippen LogP contribution < -0.4 is 11.4 Å². The Hall–Kier alpha value is -2.02. The molecule has 9 heteroatoms. The normalized spacial score (nSPS) is 33.3. The number of nitrogens with two attached hydrogens (primary N) is 1. The molecule has 0 saturated carbocycles. The largest absolute Gasteiger partial charge is 0.391 e. The predicted octanol–water partition coefficient (Wildman–Crippen LogP) is -1.41. The molecule has 1 aliphatic heterocycles. The number of nitrogens with zero attached hydrogens (tertiary/aromatic N) is 3. The second-order valence-electron chi connectivity index (χ2n) is 4.69. The molecule has 2 rings (SSSR count). The number of aliphatic hydroxyl groups excluding tert-OH is 2. The van der Waals surface area contributed by atoms with Gasteiger partial charge in [-0.15, -0.1) is 5.92 Å². The third-order valence-electron chi connectivity index (χ3n) is 3.14. The maximum atomic E-state index is 15.0. The van der Waals surface area contributed by atoms with Crippen LogP contribution in [0.2, 0.25) is 0 Å². The molecule has 1 fully saturated rings. The van der Waals surface area contributed by atoms with Crippen LogP contribution in [0.25, 0.3) is 0 Å². The number of alkyl halides is 1. The Kier molecular flexibility index (Phi) is 3.95. The van der Waals surface area contributed by atoms with Crippen molar-refractivity contribution in [3.8, 4) is 11.8 Å². The summed E-state index contributed by atoms with van der Waals surface area (Å²) in [7, 11) is 0. The number of aliphatic hydroxyl groups is 2. The number of halogens is 1. The van der Waals surface area contributed by atoms with Crippen LogP contribution in [0.5, 0.6) is 0 Å². The second-order valence-corrected chi connectivity index (χ2v) is 4.69. The first-order chi connectivity index (χ1) is 9.81. The Morgan fingerprint density at radius 1 is 1.67 bits per heavy atom. The monoisotopic (exact) mass is 298 g/mol. The fourth-order valence-corrected chi connectivity index (χ4v) is 2.17. The maximum absolute atomic E-state index is 15.0. The van der Waals surface area contributed by atoms with Gasteiger partial charge in [-0.1, -0.05) is 5.92 Å². The van der Waals surface area contributed by atoms with Crippen molar-refractivity contribution < 1.29 is 19.3 Å².